The summed E-state index contributed by atoms with van der Waals surface area (Å²) < 4.78 is 1.36. The molecule has 0 unspecified atom stereocenters. The number of likely N-dealkylation sites (tertiary alicyclic amines) is 1. The van der Waals surface area contributed by atoms with Crippen LogP contribution in [0.4, 0.5) is 0 Å². The van der Waals surface area contributed by atoms with Gasteiger partial charge in [0.05, 0.1) is 6.54 Å². The van der Waals surface area contributed by atoms with Crippen LogP contribution in [0.5, 0.6) is 5.88 Å². The molecule has 1 aliphatic carbocycles. The maximum Gasteiger partial charge on any atom is 0.331 e. The van der Waals surface area contributed by atoms with Gasteiger partial charge in [-0.25, -0.2) is 4.79 Å². The number of H-pyrrole nitrogens is 1. The van der Waals surface area contributed by atoms with Gasteiger partial charge >= 0.3 is 5.69 Å². The van der Waals surface area contributed by atoms with E-state index in [4.69, 9.17) is 0 Å². The van der Waals surface area contributed by atoms with E-state index in [9.17, 15) is 14.7 Å². The van der Waals surface area contributed by atoms with Crippen molar-refractivity contribution in [3.63, 3.8) is 0 Å². The molecule has 2 fully saturated rings. The van der Waals surface area contributed by atoms with E-state index >= 15 is 0 Å². The van der Waals surface area contributed by atoms with Crippen LogP contribution in [0.1, 0.15) is 69.9 Å². The predicted octanol–water partition coefficient (Wildman–Crippen LogP) is 2.04. The second-order valence-electron chi connectivity index (χ2n) is 7.49. The number of nitrogens with zero attached hydrogens (tertiary/aromatic N) is 3. The maximum absolute atomic E-state index is 12.3. The third-order valence-corrected chi connectivity index (χ3v) is 5.63. The lowest BCUT2D eigenvalue weighted by Crippen LogP contribution is -2.36. The molecule has 1 aromatic heterocycles. The first kappa shape index (κ1) is 18.9. The van der Waals surface area contributed by atoms with Crippen molar-refractivity contribution in [3.8, 4) is 5.88 Å². The van der Waals surface area contributed by atoms with Crippen molar-refractivity contribution in [1.82, 2.24) is 14.5 Å². The standard InChI is InChI=1S/C19H30N4O3/c1-14(20-10-13-22-11-6-3-7-12-22)16-17(24)21-19(26)23(18(16)25)15-8-4-2-5-9-15/h15,25H,2-13H2,1H3,(H,21,24,26). The number of aromatic hydroxyl groups is 1. The van der Waals surface area contributed by atoms with E-state index in [0.717, 1.165) is 51.7 Å². The fraction of sp³-hybridized carbons (Fsp3) is 0.737. The van der Waals surface area contributed by atoms with Crippen LogP contribution < -0.4 is 11.2 Å². The minimum atomic E-state index is -0.557. The van der Waals surface area contributed by atoms with E-state index in [-0.39, 0.29) is 17.5 Å². The lowest BCUT2D eigenvalue weighted by Gasteiger charge is -2.26. The molecular formula is C19H30N4O3. The largest absolute Gasteiger partial charge is 0.494 e. The van der Waals surface area contributed by atoms with Crippen LogP contribution in [0, 0.1) is 0 Å². The van der Waals surface area contributed by atoms with Gasteiger partial charge in [-0.2, -0.15) is 0 Å². The molecular weight excluding hydrogens is 332 g/mol. The summed E-state index contributed by atoms with van der Waals surface area (Å²) in [6.07, 6.45) is 8.69. The van der Waals surface area contributed by atoms with Crippen molar-refractivity contribution in [2.75, 3.05) is 26.2 Å². The highest BCUT2D eigenvalue weighted by Crippen LogP contribution is 2.30. The molecule has 2 N–H and O–H groups in total. The first-order valence-electron chi connectivity index (χ1n) is 9.89. The molecule has 0 amide bonds. The summed E-state index contributed by atoms with van der Waals surface area (Å²) in [5.74, 6) is -0.232. The average molecular weight is 362 g/mol. The third-order valence-electron chi connectivity index (χ3n) is 5.63. The van der Waals surface area contributed by atoms with Crippen molar-refractivity contribution in [1.29, 1.82) is 0 Å². The zero-order valence-corrected chi connectivity index (χ0v) is 15.7. The third kappa shape index (κ3) is 4.26. The Hall–Kier alpha value is -1.89. The predicted molar refractivity (Wildman–Crippen MR) is 102 cm³/mol. The van der Waals surface area contributed by atoms with E-state index in [2.05, 4.69) is 14.9 Å². The molecule has 2 heterocycles. The summed E-state index contributed by atoms with van der Waals surface area (Å²) in [5, 5.41) is 10.7. The molecule has 7 nitrogen and oxygen atoms in total. The van der Waals surface area contributed by atoms with Crippen LogP contribution in [0.25, 0.3) is 0 Å². The zero-order chi connectivity index (χ0) is 18.5. The molecule has 3 rings (SSSR count). The molecule has 0 spiro atoms. The second-order valence-corrected chi connectivity index (χ2v) is 7.49. The number of hydrogen-bond donors (Lipinski definition) is 2. The van der Waals surface area contributed by atoms with E-state index in [1.165, 1.54) is 23.8 Å². The zero-order valence-electron chi connectivity index (χ0n) is 15.7. The topological polar surface area (TPSA) is 90.7 Å². The van der Waals surface area contributed by atoms with Crippen LogP contribution in [0.3, 0.4) is 0 Å². The van der Waals surface area contributed by atoms with Gasteiger partial charge < -0.3 is 10.0 Å². The van der Waals surface area contributed by atoms with Crippen molar-refractivity contribution < 1.29 is 5.11 Å². The van der Waals surface area contributed by atoms with Gasteiger partial charge in [0.15, 0.2) is 0 Å². The van der Waals surface area contributed by atoms with Gasteiger partial charge in [-0.15, -0.1) is 0 Å². The van der Waals surface area contributed by atoms with Crippen LogP contribution in [-0.2, 0) is 0 Å². The number of hydrogen-bond acceptors (Lipinski definition) is 5. The Balaban J connectivity index is 1.80. The molecule has 7 heteroatoms. The number of aliphatic imine (C=N–C) groups is 1. The van der Waals surface area contributed by atoms with Crippen molar-refractivity contribution >= 4 is 5.71 Å². The van der Waals surface area contributed by atoms with E-state index in [0.29, 0.717) is 12.3 Å². The lowest BCUT2D eigenvalue weighted by molar-refractivity contribution is 0.235. The molecule has 0 bridgehead atoms. The number of nitrogens with one attached hydrogen (secondary N) is 1. The van der Waals surface area contributed by atoms with Crippen LogP contribution >= 0.6 is 0 Å². The molecule has 2 aliphatic rings. The molecule has 0 atom stereocenters. The summed E-state index contributed by atoms with van der Waals surface area (Å²) in [7, 11) is 0. The number of aromatic nitrogens is 2. The smallest absolute Gasteiger partial charge is 0.331 e. The number of rotatable bonds is 5. The van der Waals surface area contributed by atoms with Gasteiger partial charge in [0.25, 0.3) is 5.56 Å². The Morgan fingerprint density at radius 2 is 1.77 bits per heavy atom. The molecule has 0 aromatic carbocycles. The van der Waals surface area contributed by atoms with Crippen LogP contribution in [0.2, 0.25) is 0 Å². The van der Waals surface area contributed by atoms with E-state index in [1.54, 1.807) is 6.92 Å². The van der Waals surface area contributed by atoms with E-state index in [1.807, 2.05) is 0 Å². The summed E-state index contributed by atoms with van der Waals surface area (Å²) >= 11 is 0. The normalized spacial score (nSPS) is 20.4. The summed E-state index contributed by atoms with van der Waals surface area (Å²) in [6.45, 7) is 5.39. The molecule has 0 radical (unpaired) electrons. The molecule has 1 saturated heterocycles. The Labute approximate surface area is 153 Å². The van der Waals surface area contributed by atoms with Gasteiger partial charge in [0, 0.05) is 18.3 Å². The molecule has 1 saturated carbocycles. The van der Waals surface area contributed by atoms with Gasteiger partial charge in [-0.05, 0) is 45.7 Å². The van der Waals surface area contributed by atoms with Crippen molar-refractivity contribution in [2.45, 2.75) is 64.3 Å². The highest BCUT2D eigenvalue weighted by molar-refractivity contribution is 6.00. The number of piperidine rings is 1. The molecule has 144 valence electrons. The molecule has 1 aromatic rings. The molecule has 1 aliphatic heterocycles. The fourth-order valence-electron chi connectivity index (χ4n) is 4.16. The Morgan fingerprint density at radius 3 is 2.46 bits per heavy atom. The monoisotopic (exact) mass is 362 g/mol. The number of aromatic amines is 1. The SMILES string of the molecule is CC(=NCCN1CCCCC1)c1c(O)n(C2CCCCC2)c(=O)[nH]c1=O. The minimum absolute atomic E-state index is 0.0481. The van der Waals surface area contributed by atoms with Gasteiger partial charge in [-0.1, -0.05) is 25.7 Å². The van der Waals surface area contributed by atoms with Crippen molar-refractivity contribution in [2.24, 2.45) is 4.99 Å². The maximum atomic E-state index is 12.3. The fourth-order valence-corrected chi connectivity index (χ4v) is 4.16. The van der Waals surface area contributed by atoms with Crippen LogP contribution in [-0.4, -0.2) is 51.4 Å². The Kier molecular flexibility index (Phi) is 6.29. The first-order chi connectivity index (χ1) is 12.6. The summed E-state index contributed by atoms with van der Waals surface area (Å²) in [4.78, 5) is 33.8. The van der Waals surface area contributed by atoms with Crippen molar-refractivity contribution in [3.05, 3.63) is 26.4 Å². The van der Waals surface area contributed by atoms with Crippen LogP contribution in [0.15, 0.2) is 14.6 Å². The molecule has 26 heavy (non-hydrogen) atoms. The highest BCUT2D eigenvalue weighted by Gasteiger charge is 2.23. The Morgan fingerprint density at radius 1 is 1.12 bits per heavy atom. The quantitative estimate of drug-likeness (QED) is 0.784. The summed E-state index contributed by atoms with van der Waals surface area (Å²) in [6, 6.07) is -0.0481. The van der Waals surface area contributed by atoms with Gasteiger partial charge in [0.1, 0.15) is 5.56 Å². The highest BCUT2D eigenvalue weighted by atomic mass is 16.3. The first-order valence-corrected chi connectivity index (χ1v) is 9.89. The second kappa shape index (κ2) is 8.66. The van der Waals surface area contributed by atoms with Gasteiger partial charge in [0.2, 0.25) is 5.88 Å². The minimum Gasteiger partial charge on any atom is -0.494 e. The Bertz CT molecular complexity index is 753. The summed E-state index contributed by atoms with van der Waals surface area (Å²) in [5.41, 5.74) is -0.456. The van der Waals surface area contributed by atoms with Gasteiger partial charge in [-0.3, -0.25) is 19.3 Å². The lowest BCUT2D eigenvalue weighted by atomic mass is 9.95. The van der Waals surface area contributed by atoms with E-state index < -0.39 is 11.2 Å². The average Bonchev–Trinajstić information content (AvgIpc) is 2.63.